The van der Waals surface area contributed by atoms with E-state index in [2.05, 4.69) is 15.9 Å². The number of carbonyl (C=O) groups is 3. The number of likely N-dealkylation sites (tertiary alicyclic amines) is 2. The van der Waals surface area contributed by atoms with Gasteiger partial charge in [-0.25, -0.2) is 9.69 Å². The first-order valence-corrected chi connectivity index (χ1v) is 10.6. The molecular weight excluding hydrogens is 481 g/mol. The van der Waals surface area contributed by atoms with Crippen molar-refractivity contribution in [2.24, 2.45) is 11.3 Å². The van der Waals surface area contributed by atoms with Crippen LogP contribution in [-0.2, 0) is 14.3 Å². The lowest BCUT2D eigenvalue weighted by atomic mass is 9.77. The lowest BCUT2D eigenvalue weighted by molar-refractivity contribution is -0.190. The molecule has 1 aromatic rings. The minimum Gasteiger partial charge on any atom is -0.443 e. The van der Waals surface area contributed by atoms with Crippen molar-refractivity contribution >= 4 is 33.8 Å². The van der Waals surface area contributed by atoms with Crippen LogP contribution in [0.2, 0.25) is 0 Å². The number of benzene rings is 1. The first-order chi connectivity index (χ1) is 14.2. The third-order valence-electron chi connectivity index (χ3n) is 5.73. The Labute approximate surface area is 186 Å². The maximum atomic E-state index is 14.0. The molecule has 2 aliphatic rings. The molecule has 0 aromatic heterocycles. The third-order valence-corrected chi connectivity index (χ3v) is 6.26. The van der Waals surface area contributed by atoms with Crippen molar-refractivity contribution in [3.05, 3.63) is 34.3 Å². The third kappa shape index (κ3) is 4.44. The van der Waals surface area contributed by atoms with Crippen LogP contribution in [-0.4, -0.2) is 52.6 Å². The molecule has 0 saturated carbocycles. The Bertz CT molecular complexity index is 897. The molecule has 2 unspecified atom stereocenters. The lowest BCUT2D eigenvalue weighted by Gasteiger charge is -2.32. The van der Waals surface area contributed by atoms with Gasteiger partial charge in [0.1, 0.15) is 5.60 Å². The molecule has 1 spiro atoms. The van der Waals surface area contributed by atoms with Gasteiger partial charge in [-0.2, -0.15) is 13.2 Å². The minimum absolute atomic E-state index is 0.0679. The van der Waals surface area contributed by atoms with E-state index in [1.165, 1.54) is 24.3 Å². The summed E-state index contributed by atoms with van der Waals surface area (Å²) in [5.74, 6) is -1.95. The zero-order valence-electron chi connectivity index (χ0n) is 17.6. The summed E-state index contributed by atoms with van der Waals surface area (Å²) < 4.78 is 48.0. The highest BCUT2D eigenvalue weighted by Crippen LogP contribution is 2.50. The van der Waals surface area contributed by atoms with Gasteiger partial charge in [-0.3, -0.25) is 9.59 Å². The van der Waals surface area contributed by atoms with E-state index in [9.17, 15) is 27.6 Å². The fourth-order valence-corrected chi connectivity index (χ4v) is 4.48. The van der Waals surface area contributed by atoms with Gasteiger partial charge in [-0.1, -0.05) is 35.0 Å². The maximum Gasteiger partial charge on any atom is 0.417 e. The van der Waals surface area contributed by atoms with E-state index < -0.39 is 47.1 Å². The number of carbonyl (C=O) groups excluding carboxylic acids is 3. The zero-order chi connectivity index (χ0) is 23.4. The van der Waals surface area contributed by atoms with Gasteiger partial charge >= 0.3 is 12.3 Å². The Balaban J connectivity index is 1.92. The predicted octanol–water partition coefficient (Wildman–Crippen LogP) is 4.68. The minimum atomic E-state index is -4.71. The number of halogens is 4. The van der Waals surface area contributed by atoms with Crippen LogP contribution in [0.15, 0.2) is 28.7 Å². The average molecular weight is 505 g/mol. The van der Waals surface area contributed by atoms with E-state index in [-0.39, 0.29) is 25.1 Å². The molecule has 0 aliphatic carbocycles. The highest BCUT2D eigenvalue weighted by atomic mass is 79.9. The number of hydrogen-bond donors (Lipinski definition) is 0. The van der Waals surface area contributed by atoms with Crippen molar-refractivity contribution in [1.82, 2.24) is 9.80 Å². The Morgan fingerprint density at radius 3 is 2.29 bits per heavy atom. The second-order valence-corrected chi connectivity index (χ2v) is 10.1. The summed E-state index contributed by atoms with van der Waals surface area (Å²) in [6.45, 7) is 6.09. The van der Waals surface area contributed by atoms with Crippen LogP contribution in [0.4, 0.5) is 18.0 Å². The number of nitrogens with zero attached hydrogens (tertiary/aromatic N) is 2. The molecule has 2 heterocycles. The summed E-state index contributed by atoms with van der Waals surface area (Å²) >= 11 is 3.20. The van der Waals surface area contributed by atoms with Crippen molar-refractivity contribution in [1.29, 1.82) is 0 Å². The number of rotatable bonds is 2. The van der Waals surface area contributed by atoms with E-state index in [0.717, 1.165) is 9.80 Å². The molecule has 10 heteroatoms. The second-order valence-electron chi connectivity index (χ2n) is 9.15. The number of ether oxygens (including phenoxy) is 1. The van der Waals surface area contributed by atoms with Crippen LogP contribution in [0.3, 0.4) is 0 Å². The van der Waals surface area contributed by atoms with Gasteiger partial charge in [-0.05, 0) is 44.4 Å². The van der Waals surface area contributed by atoms with E-state index in [0.29, 0.717) is 4.47 Å². The van der Waals surface area contributed by atoms with E-state index in [4.69, 9.17) is 4.74 Å². The summed E-state index contributed by atoms with van der Waals surface area (Å²) in [5, 5.41) is 0. The smallest absolute Gasteiger partial charge is 0.417 e. The van der Waals surface area contributed by atoms with Gasteiger partial charge in [-0.15, -0.1) is 0 Å². The van der Waals surface area contributed by atoms with Crippen LogP contribution in [0.5, 0.6) is 0 Å². The van der Waals surface area contributed by atoms with E-state index in [1.807, 2.05) is 0 Å². The lowest BCUT2D eigenvalue weighted by Crippen LogP contribution is -2.44. The van der Waals surface area contributed by atoms with Crippen molar-refractivity contribution in [3.63, 3.8) is 0 Å². The molecule has 3 rings (SSSR count). The average Bonchev–Trinajstić information content (AvgIpc) is 3.08. The standard InChI is InChI=1S/C21H24BrF3N2O4/c1-12-10-26(16(21(23,24)25)13-5-7-14(22)8-6-13)17(29)20(12)9-15(28)27(11-20)18(30)31-19(2,3)4/h5-8,12,16H,9-11H2,1-4H3/t12?,16-,20?/m0/s1. The summed E-state index contributed by atoms with van der Waals surface area (Å²) in [6, 6.07) is 3.46. The number of amides is 3. The van der Waals surface area contributed by atoms with Crippen molar-refractivity contribution in [2.45, 2.75) is 51.9 Å². The quantitative estimate of drug-likeness (QED) is 0.586. The SMILES string of the molecule is CC1CN([C@@H](c2ccc(Br)cc2)C(F)(F)F)C(=O)C12CC(=O)N(C(=O)OC(C)(C)C)C2. The highest BCUT2D eigenvalue weighted by Gasteiger charge is 2.63. The van der Waals surface area contributed by atoms with Gasteiger partial charge in [0.25, 0.3) is 0 Å². The molecular formula is C21H24BrF3N2O4. The van der Waals surface area contributed by atoms with Crippen molar-refractivity contribution in [3.8, 4) is 0 Å². The van der Waals surface area contributed by atoms with Crippen LogP contribution >= 0.6 is 15.9 Å². The zero-order valence-corrected chi connectivity index (χ0v) is 19.2. The topological polar surface area (TPSA) is 66.9 Å². The maximum absolute atomic E-state index is 14.0. The Hall–Kier alpha value is -2.10. The Kier molecular flexibility index (Phi) is 5.92. The molecule has 3 amide bonds. The van der Waals surface area contributed by atoms with E-state index in [1.54, 1.807) is 27.7 Å². The summed E-state index contributed by atoms with van der Waals surface area (Å²) in [7, 11) is 0. The summed E-state index contributed by atoms with van der Waals surface area (Å²) in [4.78, 5) is 40.0. The number of alkyl halides is 3. The first kappa shape index (κ1) is 23.6. The van der Waals surface area contributed by atoms with Gasteiger partial charge in [0, 0.05) is 24.0 Å². The van der Waals surface area contributed by atoms with Crippen molar-refractivity contribution in [2.75, 3.05) is 13.1 Å². The predicted molar refractivity (Wildman–Crippen MR) is 109 cm³/mol. The number of hydrogen-bond acceptors (Lipinski definition) is 4. The normalized spacial score (nSPS) is 25.5. The fourth-order valence-electron chi connectivity index (χ4n) is 4.21. The molecule has 1 aromatic carbocycles. The molecule has 31 heavy (non-hydrogen) atoms. The number of imide groups is 1. The van der Waals surface area contributed by atoms with Crippen LogP contribution in [0.1, 0.15) is 45.7 Å². The first-order valence-electron chi connectivity index (χ1n) is 9.82. The fraction of sp³-hybridized carbons (Fsp3) is 0.571. The van der Waals surface area contributed by atoms with Crippen molar-refractivity contribution < 1.29 is 32.3 Å². The molecule has 170 valence electrons. The molecule has 2 fully saturated rings. The van der Waals surface area contributed by atoms with Gasteiger partial charge in [0.15, 0.2) is 6.04 Å². The molecule has 0 radical (unpaired) electrons. The van der Waals surface area contributed by atoms with Crippen LogP contribution in [0, 0.1) is 11.3 Å². The largest absolute Gasteiger partial charge is 0.443 e. The molecule has 3 atom stereocenters. The molecule has 2 aliphatic heterocycles. The summed E-state index contributed by atoms with van der Waals surface area (Å²) in [5.41, 5.74) is -2.32. The molecule has 6 nitrogen and oxygen atoms in total. The van der Waals surface area contributed by atoms with E-state index >= 15 is 0 Å². The van der Waals surface area contributed by atoms with Gasteiger partial charge in [0.2, 0.25) is 11.8 Å². The molecule has 0 bridgehead atoms. The highest BCUT2D eigenvalue weighted by molar-refractivity contribution is 9.10. The second kappa shape index (κ2) is 7.79. The van der Waals surface area contributed by atoms with Crippen LogP contribution in [0.25, 0.3) is 0 Å². The molecule has 2 saturated heterocycles. The Morgan fingerprint density at radius 1 is 1.19 bits per heavy atom. The monoisotopic (exact) mass is 504 g/mol. The van der Waals surface area contributed by atoms with Gasteiger partial charge in [0.05, 0.1) is 5.41 Å². The van der Waals surface area contributed by atoms with Gasteiger partial charge < -0.3 is 9.64 Å². The Morgan fingerprint density at radius 2 is 1.77 bits per heavy atom. The van der Waals surface area contributed by atoms with Crippen LogP contribution < -0.4 is 0 Å². The molecule has 0 N–H and O–H groups in total. The summed E-state index contributed by atoms with van der Waals surface area (Å²) in [6.07, 6.45) is -5.93.